The molecule has 0 saturated heterocycles. The van der Waals surface area contributed by atoms with Crippen LogP contribution in [0.4, 0.5) is 46.4 Å². The molecule has 3 N–H and O–H groups in total. The van der Waals surface area contributed by atoms with E-state index >= 15 is 0 Å². The smallest absolute Gasteiger partial charge is 0.421 e. The zero-order valence-corrected chi connectivity index (χ0v) is 17.1. The monoisotopic (exact) mass is 450 g/mol. The molecule has 0 aliphatic heterocycles. The van der Waals surface area contributed by atoms with Gasteiger partial charge in [-0.1, -0.05) is 0 Å². The summed E-state index contributed by atoms with van der Waals surface area (Å²) in [7, 11) is 1.42. The minimum Gasteiger partial charge on any atom is -0.481 e. The predicted molar refractivity (Wildman–Crippen MR) is 110 cm³/mol. The first-order valence-electron chi connectivity index (χ1n) is 9.13. The molecule has 0 bridgehead atoms. The zero-order chi connectivity index (χ0) is 23.5. The summed E-state index contributed by atoms with van der Waals surface area (Å²) in [6.45, 7) is 2.92. The lowest BCUT2D eigenvalue weighted by Crippen LogP contribution is -2.14. The lowest BCUT2D eigenvalue weighted by atomic mass is 10.2. The van der Waals surface area contributed by atoms with Crippen molar-refractivity contribution in [2.75, 3.05) is 23.1 Å². The molecule has 3 rings (SSSR count). The Kier molecular flexibility index (Phi) is 6.42. The zero-order valence-electron chi connectivity index (χ0n) is 17.1. The number of nitrogens with one attached hydrogen (secondary N) is 3. The fourth-order valence-electron chi connectivity index (χ4n) is 2.66. The Morgan fingerprint density at radius 1 is 1.03 bits per heavy atom. The van der Waals surface area contributed by atoms with Gasteiger partial charge in [0.25, 0.3) is 0 Å². The topological polar surface area (TPSA) is 101 Å². The van der Waals surface area contributed by atoms with Gasteiger partial charge in [0.15, 0.2) is 0 Å². The second kappa shape index (κ2) is 9.04. The third kappa shape index (κ3) is 5.39. The van der Waals surface area contributed by atoms with Crippen LogP contribution in [0.25, 0.3) is 0 Å². The lowest BCUT2D eigenvalue weighted by molar-refractivity contribution is -0.137. The number of halogens is 4. The average Bonchev–Trinajstić information content (AvgIpc) is 2.70. The first kappa shape index (κ1) is 22.7. The van der Waals surface area contributed by atoms with E-state index in [2.05, 4.69) is 30.9 Å². The number of alkyl halides is 3. The molecule has 2 heterocycles. The number of pyridine rings is 1. The molecule has 0 saturated carbocycles. The summed E-state index contributed by atoms with van der Waals surface area (Å²) in [4.78, 5) is 23.1. The van der Waals surface area contributed by atoms with Crippen molar-refractivity contribution in [3.8, 4) is 5.88 Å². The van der Waals surface area contributed by atoms with Crippen molar-refractivity contribution in [2.45, 2.75) is 20.0 Å². The van der Waals surface area contributed by atoms with Crippen LogP contribution in [-0.4, -0.2) is 28.0 Å². The lowest BCUT2D eigenvalue weighted by Gasteiger charge is -2.17. The molecule has 0 atom stereocenters. The van der Waals surface area contributed by atoms with Gasteiger partial charge in [-0.3, -0.25) is 4.79 Å². The van der Waals surface area contributed by atoms with Crippen LogP contribution < -0.4 is 20.7 Å². The molecule has 168 valence electrons. The third-order valence-electron chi connectivity index (χ3n) is 4.17. The van der Waals surface area contributed by atoms with Gasteiger partial charge < -0.3 is 20.7 Å². The first-order valence-corrected chi connectivity index (χ1v) is 9.13. The summed E-state index contributed by atoms with van der Waals surface area (Å²) in [5.41, 5.74) is -0.0317. The molecule has 32 heavy (non-hydrogen) atoms. The van der Waals surface area contributed by atoms with E-state index in [0.29, 0.717) is 17.4 Å². The number of carbonyl (C=O) groups excluding carboxylic acids is 1. The van der Waals surface area contributed by atoms with E-state index in [1.807, 2.05) is 0 Å². The molecule has 1 amide bonds. The molecule has 0 unspecified atom stereocenters. The molecule has 0 radical (unpaired) electrons. The number of methoxy groups -OCH3 is 1. The highest BCUT2D eigenvalue weighted by Crippen LogP contribution is 2.37. The molecular weight excluding hydrogens is 432 g/mol. The minimum atomic E-state index is -4.77. The van der Waals surface area contributed by atoms with Gasteiger partial charge in [0.1, 0.15) is 17.2 Å². The number of amides is 1. The van der Waals surface area contributed by atoms with Gasteiger partial charge in [-0.2, -0.15) is 18.2 Å². The number of aryl methyl sites for hydroxylation is 1. The maximum absolute atomic E-state index is 13.6. The van der Waals surface area contributed by atoms with Gasteiger partial charge in [-0.05, 0) is 30.7 Å². The van der Waals surface area contributed by atoms with Crippen LogP contribution >= 0.6 is 0 Å². The highest BCUT2D eigenvalue weighted by atomic mass is 19.4. The minimum absolute atomic E-state index is 0.0125. The second-order valence-electron chi connectivity index (χ2n) is 6.62. The van der Waals surface area contributed by atoms with E-state index in [-0.39, 0.29) is 23.2 Å². The Morgan fingerprint density at radius 2 is 1.78 bits per heavy atom. The second-order valence-corrected chi connectivity index (χ2v) is 6.62. The fourth-order valence-corrected chi connectivity index (χ4v) is 2.66. The van der Waals surface area contributed by atoms with Gasteiger partial charge in [-0.15, -0.1) is 0 Å². The molecule has 2 aromatic heterocycles. The van der Waals surface area contributed by atoms with E-state index in [1.165, 1.54) is 26.3 Å². The molecule has 0 fully saturated rings. The van der Waals surface area contributed by atoms with Gasteiger partial charge in [-0.25, -0.2) is 14.4 Å². The summed E-state index contributed by atoms with van der Waals surface area (Å²) >= 11 is 0. The Morgan fingerprint density at radius 3 is 2.44 bits per heavy atom. The van der Waals surface area contributed by atoms with E-state index in [9.17, 15) is 22.4 Å². The Bertz CT molecular complexity index is 1150. The summed E-state index contributed by atoms with van der Waals surface area (Å²) in [5.74, 6) is -1.65. The van der Waals surface area contributed by atoms with Crippen molar-refractivity contribution in [2.24, 2.45) is 0 Å². The van der Waals surface area contributed by atoms with E-state index in [4.69, 9.17) is 4.74 Å². The van der Waals surface area contributed by atoms with Crippen LogP contribution in [-0.2, 0) is 11.0 Å². The van der Waals surface area contributed by atoms with E-state index < -0.39 is 29.3 Å². The largest absolute Gasteiger partial charge is 0.481 e. The van der Waals surface area contributed by atoms with Crippen LogP contribution in [0.1, 0.15) is 18.1 Å². The Hall–Kier alpha value is -3.96. The number of ether oxygens (including phenoxy) is 1. The van der Waals surface area contributed by atoms with Gasteiger partial charge >= 0.3 is 6.18 Å². The average molecular weight is 450 g/mol. The quantitative estimate of drug-likeness (QED) is 0.464. The van der Waals surface area contributed by atoms with Crippen molar-refractivity contribution in [3.05, 3.63) is 53.6 Å². The summed E-state index contributed by atoms with van der Waals surface area (Å²) in [6.07, 6.45) is -2.64. The number of anilines is 5. The van der Waals surface area contributed by atoms with Crippen LogP contribution in [0.5, 0.6) is 5.88 Å². The van der Waals surface area contributed by atoms with Crippen molar-refractivity contribution in [3.63, 3.8) is 0 Å². The SMILES string of the molecule is COc1cc(Nc2ncc(C(F)(F)F)c(Nc3ccc(F)cc3NC(C)=O)n2)c(C)cn1. The number of hydrogen-bond donors (Lipinski definition) is 3. The molecule has 12 heteroatoms. The van der Waals surface area contributed by atoms with Gasteiger partial charge in [0.2, 0.25) is 17.7 Å². The van der Waals surface area contributed by atoms with Crippen LogP contribution in [0.15, 0.2) is 36.7 Å². The Labute approximate surface area is 180 Å². The standard InChI is InChI=1S/C20H18F4N6O2/c1-10-8-25-17(32-3)7-15(10)29-19-26-9-13(20(22,23)24)18(30-19)28-14-5-4-12(21)6-16(14)27-11(2)31/h4-9H,1-3H3,(H,27,31)(H2,25,26,28,29,30). The molecule has 0 spiro atoms. The maximum Gasteiger partial charge on any atom is 0.421 e. The van der Waals surface area contributed by atoms with Crippen LogP contribution in [0.2, 0.25) is 0 Å². The number of hydrogen-bond acceptors (Lipinski definition) is 7. The third-order valence-corrected chi connectivity index (χ3v) is 4.17. The number of aromatic nitrogens is 3. The summed E-state index contributed by atoms with van der Waals surface area (Å²) in [5, 5.41) is 7.71. The molecule has 3 aromatic rings. The van der Waals surface area contributed by atoms with Gasteiger partial charge in [0.05, 0.1) is 24.2 Å². The van der Waals surface area contributed by atoms with Crippen molar-refractivity contribution in [1.29, 1.82) is 0 Å². The number of carbonyl (C=O) groups is 1. The van der Waals surface area contributed by atoms with Crippen molar-refractivity contribution >= 4 is 34.7 Å². The van der Waals surface area contributed by atoms with E-state index in [1.54, 1.807) is 13.0 Å². The molecular formula is C20H18F4N6O2. The van der Waals surface area contributed by atoms with Crippen LogP contribution in [0.3, 0.4) is 0 Å². The first-order chi connectivity index (χ1) is 15.1. The van der Waals surface area contributed by atoms with Crippen molar-refractivity contribution < 1.29 is 27.1 Å². The summed E-state index contributed by atoms with van der Waals surface area (Å²) in [6, 6.07) is 4.74. The van der Waals surface area contributed by atoms with Crippen molar-refractivity contribution in [1.82, 2.24) is 15.0 Å². The number of rotatable bonds is 6. The number of nitrogens with zero attached hydrogens (tertiary/aromatic N) is 3. The maximum atomic E-state index is 13.6. The van der Waals surface area contributed by atoms with Crippen LogP contribution in [0, 0.1) is 12.7 Å². The Balaban J connectivity index is 2.02. The van der Waals surface area contributed by atoms with Gasteiger partial charge in [0, 0.05) is 25.4 Å². The normalized spacial score (nSPS) is 11.1. The number of benzene rings is 1. The molecule has 1 aromatic carbocycles. The molecule has 0 aliphatic carbocycles. The molecule has 8 nitrogen and oxygen atoms in total. The highest BCUT2D eigenvalue weighted by Gasteiger charge is 2.35. The summed E-state index contributed by atoms with van der Waals surface area (Å²) < 4.78 is 59.3. The van der Waals surface area contributed by atoms with E-state index in [0.717, 1.165) is 12.1 Å². The predicted octanol–water partition coefficient (Wildman–Crippen LogP) is 4.79. The highest BCUT2D eigenvalue weighted by molar-refractivity contribution is 5.93. The fraction of sp³-hybridized carbons (Fsp3) is 0.200. The molecule has 0 aliphatic rings.